The second-order valence-corrected chi connectivity index (χ2v) is 8.09. The molecule has 6 nitrogen and oxygen atoms in total. The van der Waals surface area contributed by atoms with Gasteiger partial charge in [-0.15, -0.1) is 0 Å². The molecule has 4 N–H and O–H groups in total. The molecule has 33 heavy (non-hydrogen) atoms. The Morgan fingerprint density at radius 2 is 1.70 bits per heavy atom. The molecule has 2 amide bonds. The third kappa shape index (κ3) is 4.98. The Labute approximate surface area is 187 Å². The van der Waals surface area contributed by atoms with Crippen LogP contribution in [0.4, 0.5) is 29.3 Å². The molecule has 0 radical (unpaired) electrons. The van der Waals surface area contributed by atoms with Crippen LogP contribution in [-0.4, -0.2) is 21.1 Å². The van der Waals surface area contributed by atoms with E-state index in [2.05, 4.69) is 20.6 Å². The van der Waals surface area contributed by atoms with E-state index in [1.165, 1.54) is 12.1 Å². The molecular formula is C24H21F3N4O2. The Morgan fingerprint density at radius 3 is 2.36 bits per heavy atom. The van der Waals surface area contributed by atoms with Crippen LogP contribution < -0.4 is 10.6 Å². The number of carbonyl (C=O) groups is 1. The van der Waals surface area contributed by atoms with Crippen LogP contribution in [0.2, 0.25) is 0 Å². The molecule has 0 atom stereocenters. The minimum atomic E-state index is -4.44. The van der Waals surface area contributed by atoms with Gasteiger partial charge >= 0.3 is 12.2 Å². The molecule has 170 valence electrons. The van der Waals surface area contributed by atoms with Gasteiger partial charge in [-0.05, 0) is 61.9 Å². The van der Waals surface area contributed by atoms with Crippen molar-refractivity contribution in [3.05, 3.63) is 78.0 Å². The Kier molecular flexibility index (Phi) is 5.59. The summed E-state index contributed by atoms with van der Waals surface area (Å²) in [5, 5.41) is 16.1. The standard InChI is InChI=1S/C24H21F3N4O2/c1-23(2,33)16-5-3-4-14(12-16)19-11-10-18-20(13-28-21(18)30-19)31-22(32)29-17-8-6-15(7-9-17)24(25,26)27/h3-13,33H,1-2H3,(H,28,30)(H2,29,31,32). The van der Waals surface area contributed by atoms with Crippen LogP contribution in [0.3, 0.4) is 0 Å². The highest BCUT2D eigenvalue weighted by molar-refractivity contribution is 6.05. The van der Waals surface area contributed by atoms with Crippen molar-refractivity contribution < 1.29 is 23.1 Å². The number of H-pyrrole nitrogens is 1. The first-order valence-corrected chi connectivity index (χ1v) is 10.1. The van der Waals surface area contributed by atoms with Gasteiger partial charge in [0.15, 0.2) is 0 Å². The zero-order valence-electron chi connectivity index (χ0n) is 17.8. The van der Waals surface area contributed by atoms with Crippen molar-refractivity contribution in [2.45, 2.75) is 25.6 Å². The van der Waals surface area contributed by atoms with E-state index >= 15 is 0 Å². The van der Waals surface area contributed by atoms with E-state index in [4.69, 9.17) is 0 Å². The highest BCUT2D eigenvalue weighted by atomic mass is 19.4. The van der Waals surface area contributed by atoms with Crippen LogP contribution in [0.15, 0.2) is 66.9 Å². The molecule has 0 fully saturated rings. The van der Waals surface area contributed by atoms with Crippen LogP contribution >= 0.6 is 0 Å². The summed E-state index contributed by atoms with van der Waals surface area (Å²) in [6.07, 6.45) is -2.85. The normalized spacial score (nSPS) is 12.1. The monoisotopic (exact) mass is 454 g/mol. The van der Waals surface area contributed by atoms with E-state index in [1.807, 2.05) is 24.3 Å². The van der Waals surface area contributed by atoms with Gasteiger partial charge < -0.3 is 20.7 Å². The number of carbonyl (C=O) groups excluding carboxylic acids is 1. The van der Waals surface area contributed by atoms with Gasteiger partial charge in [-0.25, -0.2) is 9.78 Å². The van der Waals surface area contributed by atoms with Crippen molar-refractivity contribution in [2.75, 3.05) is 10.6 Å². The molecule has 0 aliphatic heterocycles. The molecule has 2 heterocycles. The van der Waals surface area contributed by atoms with Crippen LogP contribution in [0.25, 0.3) is 22.3 Å². The minimum absolute atomic E-state index is 0.229. The number of hydrogen-bond donors (Lipinski definition) is 4. The number of aliphatic hydroxyl groups is 1. The molecule has 2 aromatic heterocycles. The molecule has 0 spiro atoms. The van der Waals surface area contributed by atoms with Gasteiger partial charge in [0.05, 0.1) is 22.5 Å². The lowest BCUT2D eigenvalue weighted by atomic mass is 9.95. The number of aromatic nitrogens is 2. The van der Waals surface area contributed by atoms with Gasteiger partial charge in [0.2, 0.25) is 0 Å². The van der Waals surface area contributed by atoms with Crippen molar-refractivity contribution in [2.24, 2.45) is 0 Å². The van der Waals surface area contributed by atoms with E-state index in [9.17, 15) is 23.1 Å². The molecular weight excluding hydrogens is 433 g/mol. The smallest absolute Gasteiger partial charge is 0.386 e. The predicted octanol–water partition coefficient (Wildman–Crippen LogP) is 6.12. The fraction of sp³-hybridized carbons (Fsp3) is 0.167. The first kappa shape index (κ1) is 22.3. The number of benzene rings is 2. The van der Waals surface area contributed by atoms with Gasteiger partial charge in [-0.2, -0.15) is 13.2 Å². The SMILES string of the molecule is CC(C)(O)c1cccc(-c2ccc3c(NC(=O)Nc4ccc(C(F)(F)F)cc4)c[nH]c3n2)c1. The number of hydrogen-bond acceptors (Lipinski definition) is 3. The highest BCUT2D eigenvalue weighted by Gasteiger charge is 2.30. The lowest BCUT2D eigenvalue weighted by Crippen LogP contribution is -2.19. The van der Waals surface area contributed by atoms with Crippen molar-refractivity contribution in [1.82, 2.24) is 9.97 Å². The third-order valence-corrected chi connectivity index (χ3v) is 5.12. The Balaban J connectivity index is 1.50. The zero-order valence-corrected chi connectivity index (χ0v) is 17.8. The molecule has 0 unspecified atom stereocenters. The van der Waals surface area contributed by atoms with Crippen LogP contribution in [-0.2, 0) is 11.8 Å². The van der Waals surface area contributed by atoms with Gasteiger partial charge in [-0.3, -0.25) is 0 Å². The van der Waals surface area contributed by atoms with Crippen molar-refractivity contribution in [3.8, 4) is 11.3 Å². The van der Waals surface area contributed by atoms with E-state index < -0.39 is 23.4 Å². The Morgan fingerprint density at radius 1 is 0.970 bits per heavy atom. The number of fused-ring (bicyclic) bond motifs is 1. The van der Waals surface area contributed by atoms with E-state index in [-0.39, 0.29) is 5.69 Å². The summed E-state index contributed by atoms with van der Waals surface area (Å²) in [6.45, 7) is 3.42. The summed E-state index contributed by atoms with van der Waals surface area (Å²) in [7, 11) is 0. The molecule has 4 aromatic rings. The average molecular weight is 454 g/mol. The van der Waals surface area contributed by atoms with Gasteiger partial charge in [0.1, 0.15) is 5.65 Å². The van der Waals surface area contributed by atoms with Crippen molar-refractivity contribution >= 4 is 28.4 Å². The molecule has 2 aromatic carbocycles. The first-order chi connectivity index (χ1) is 15.5. The molecule has 0 aliphatic carbocycles. The number of halogens is 3. The van der Waals surface area contributed by atoms with E-state index in [0.29, 0.717) is 22.4 Å². The Bertz CT molecular complexity index is 1310. The van der Waals surface area contributed by atoms with E-state index in [1.54, 1.807) is 32.2 Å². The minimum Gasteiger partial charge on any atom is -0.386 e. The maximum Gasteiger partial charge on any atom is 0.416 e. The summed E-state index contributed by atoms with van der Waals surface area (Å²) in [4.78, 5) is 19.9. The number of amides is 2. The number of anilines is 2. The zero-order chi connectivity index (χ0) is 23.8. The topological polar surface area (TPSA) is 90.0 Å². The van der Waals surface area contributed by atoms with Crippen molar-refractivity contribution in [3.63, 3.8) is 0 Å². The van der Waals surface area contributed by atoms with Crippen LogP contribution in [0.5, 0.6) is 0 Å². The number of urea groups is 1. The average Bonchev–Trinajstić information content (AvgIpc) is 3.15. The second-order valence-electron chi connectivity index (χ2n) is 8.09. The molecule has 0 saturated heterocycles. The maximum absolute atomic E-state index is 12.7. The largest absolute Gasteiger partial charge is 0.416 e. The van der Waals surface area contributed by atoms with Crippen LogP contribution in [0, 0.1) is 0 Å². The molecule has 0 aliphatic rings. The van der Waals surface area contributed by atoms with Crippen LogP contribution in [0.1, 0.15) is 25.0 Å². The summed E-state index contributed by atoms with van der Waals surface area (Å²) in [6, 6.07) is 14.6. The highest BCUT2D eigenvalue weighted by Crippen LogP contribution is 2.31. The molecule has 9 heteroatoms. The maximum atomic E-state index is 12.7. The number of alkyl halides is 3. The number of pyridine rings is 1. The summed E-state index contributed by atoms with van der Waals surface area (Å²) in [5.74, 6) is 0. The van der Waals surface area contributed by atoms with E-state index in [0.717, 1.165) is 23.3 Å². The van der Waals surface area contributed by atoms with Gasteiger partial charge in [0, 0.05) is 22.8 Å². The number of nitrogens with zero attached hydrogens (tertiary/aromatic N) is 1. The van der Waals surface area contributed by atoms with Crippen molar-refractivity contribution in [1.29, 1.82) is 0 Å². The number of rotatable bonds is 4. The second kappa shape index (κ2) is 8.25. The molecule has 0 bridgehead atoms. The summed E-state index contributed by atoms with van der Waals surface area (Å²) in [5.41, 5.74) is 1.76. The fourth-order valence-electron chi connectivity index (χ4n) is 3.36. The first-order valence-electron chi connectivity index (χ1n) is 10.1. The lowest BCUT2D eigenvalue weighted by molar-refractivity contribution is -0.137. The number of nitrogens with one attached hydrogen (secondary N) is 3. The Hall–Kier alpha value is -3.85. The molecule has 0 saturated carbocycles. The summed E-state index contributed by atoms with van der Waals surface area (Å²) < 4.78 is 38.0. The predicted molar refractivity (Wildman–Crippen MR) is 121 cm³/mol. The lowest BCUT2D eigenvalue weighted by Gasteiger charge is -2.18. The fourth-order valence-corrected chi connectivity index (χ4v) is 3.36. The number of aromatic amines is 1. The third-order valence-electron chi connectivity index (χ3n) is 5.12. The molecule has 4 rings (SSSR count). The van der Waals surface area contributed by atoms with Gasteiger partial charge in [0.25, 0.3) is 0 Å². The quantitative estimate of drug-likeness (QED) is 0.299. The van der Waals surface area contributed by atoms with Gasteiger partial charge in [-0.1, -0.05) is 18.2 Å². The summed E-state index contributed by atoms with van der Waals surface area (Å²) >= 11 is 0.